The van der Waals surface area contributed by atoms with Crippen molar-refractivity contribution >= 4 is 22.6 Å². The summed E-state index contributed by atoms with van der Waals surface area (Å²) in [4.78, 5) is 12.6. The topological polar surface area (TPSA) is 51.1 Å². The van der Waals surface area contributed by atoms with Crippen molar-refractivity contribution in [2.75, 3.05) is 20.8 Å². The fraction of sp³-hybridized carbons (Fsp3) is 0.412. The van der Waals surface area contributed by atoms with Gasteiger partial charge in [-0.05, 0) is 25.5 Å². The molecule has 124 valence electrons. The van der Waals surface area contributed by atoms with E-state index in [1.54, 1.807) is 38.5 Å². The summed E-state index contributed by atoms with van der Waals surface area (Å²) in [7, 11) is 3.13. The van der Waals surface area contributed by atoms with Crippen LogP contribution in [0.1, 0.15) is 37.0 Å². The Labute approximate surface area is 141 Å². The number of ketones is 1. The highest BCUT2D eigenvalue weighted by Crippen LogP contribution is 2.31. The minimum absolute atomic E-state index is 0.0869. The first-order valence-electron chi connectivity index (χ1n) is 7.57. The van der Waals surface area contributed by atoms with Gasteiger partial charge in [0.05, 0.1) is 19.3 Å². The largest absolute Gasteiger partial charge is 0.497 e. The van der Waals surface area contributed by atoms with Gasteiger partial charge in [-0.1, -0.05) is 25.1 Å². The first-order chi connectivity index (χ1) is 11.1. The lowest BCUT2D eigenvalue weighted by Gasteiger charge is -2.14. The zero-order valence-corrected chi connectivity index (χ0v) is 14.8. The van der Waals surface area contributed by atoms with Gasteiger partial charge in [-0.25, -0.2) is 0 Å². The molecule has 0 fully saturated rings. The molecule has 5 nitrogen and oxygen atoms in total. The van der Waals surface area contributed by atoms with E-state index in [4.69, 9.17) is 9.47 Å². The number of methoxy groups -OCH3 is 2. The maximum Gasteiger partial charge on any atom is 0.188 e. The van der Waals surface area contributed by atoms with Gasteiger partial charge in [-0.15, -0.1) is 0 Å². The molecule has 0 aliphatic carbocycles. The molecule has 0 unspecified atom stereocenters. The predicted molar refractivity (Wildman–Crippen MR) is 94.3 cm³/mol. The molecule has 1 aromatic carbocycles. The molecule has 0 spiro atoms. The highest BCUT2D eigenvalue weighted by Gasteiger charge is 2.20. The maximum atomic E-state index is 12.6. The fourth-order valence-corrected chi connectivity index (χ4v) is 3.01. The zero-order valence-electron chi connectivity index (χ0n) is 14.0. The van der Waals surface area contributed by atoms with Crippen LogP contribution < -0.4 is 9.47 Å². The molecule has 1 aliphatic rings. The van der Waals surface area contributed by atoms with Crippen LogP contribution in [0.25, 0.3) is 0 Å². The summed E-state index contributed by atoms with van der Waals surface area (Å²) in [5.74, 6) is 1.11. The van der Waals surface area contributed by atoms with E-state index in [1.165, 1.54) is 11.8 Å². The van der Waals surface area contributed by atoms with Crippen molar-refractivity contribution in [1.29, 1.82) is 0 Å². The Morgan fingerprint density at radius 1 is 1.26 bits per heavy atom. The molecule has 23 heavy (non-hydrogen) atoms. The Kier molecular flexibility index (Phi) is 6.10. The lowest BCUT2D eigenvalue weighted by molar-refractivity contribution is 0.104. The molecule has 1 aliphatic heterocycles. The van der Waals surface area contributed by atoms with Crippen LogP contribution in [0.4, 0.5) is 0 Å². The summed E-state index contributed by atoms with van der Waals surface area (Å²) in [6.45, 7) is 4.90. The number of nitrogens with zero attached hydrogens (tertiary/aromatic N) is 2. The number of hydrazone groups is 1. The molecule has 0 atom stereocenters. The van der Waals surface area contributed by atoms with Crippen LogP contribution in [0.15, 0.2) is 34.4 Å². The molecule has 1 aromatic rings. The third kappa shape index (κ3) is 4.51. The SMILES string of the molecule is CCCCN1N=C(C)SC1=CC(=O)c1cc(OC)cc(OC)c1. The summed E-state index contributed by atoms with van der Waals surface area (Å²) < 4.78 is 10.4. The van der Waals surface area contributed by atoms with Crippen LogP contribution in [0.3, 0.4) is 0 Å². The van der Waals surface area contributed by atoms with Gasteiger partial charge in [-0.3, -0.25) is 9.80 Å². The van der Waals surface area contributed by atoms with Gasteiger partial charge in [0.25, 0.3) is 0 Å². The third-order valence-corrected chi connectivity index (χ3v) is 4.30. The lowest BCUT2D eigenvalue weighted by Crippen LogP contribution is -2.14. The van der Waals surface area contributed by atoms with E-state index in [0.29, 0.717) is 17.1 Å². The van der Waals surface area contributed by atoms with E-state index >= 15 is 0 Å². The van der Waals surface area contributed by atoms with Crippen molar-refractivity contribution in [1.82, 2.24) is 5.01 Å². The van der Waals surface area contributed by atoms with E-state index in [1.807, 2.05) is 11.9 Å². The normalized spacial score (nSPS) is 15.7. The van der Waals surface area contributed by atoms with E-state index in [0.717, 1.165) is 29.5 Å². The lowest BCUT2D eigenvalue weighted by atomic mass is 10.1. The Balaban J connectivity index is 2.23. The number of benzene rings is 1. The van der Waals surface area contributed by atoms with E-state index < -0.39 is 0 Å². The molecule has 0 saturated carbocycles. The van der Waals surface area contributed by atoms with Crippen molar-refractivity contribution in [2.45, 2.75) is 26.7 Å². The molecule has 0 aromatic heterocycles. The minimum Gasteiger partial charge on any atom is -0.497 e. The average molecular weight is 334 g/mol. The molecule has 2 rings (SSSR count). The monoisotopic (exact) mass is 334 g/mol. The van der Waals surface area contributed by atoms with Gasteiger partial charge in [0.15, 0.2) is 5.78 Å². The number of thioether (sulfide) groups is 1. The molecular formula is C17H22N2O3S. The number of allylic oxidation sites excluding steroid dienone is 1. The smallest absolute Gasteiger partial charge is 0.188 e. The van der Waals surface area contributed by atoms with E-state index in [-0.39, 0.29) is 5.78 Å². The molecule has 0 amide bonds. The van der Waals surface area contributed by atoms with Crippen molar-refractivity contribution in [2.24, 2.45) is 5.10 Å². The van der Waals surface area contributed by atoms with E-state index in [2.05, 4.69) is 12.0 Å². The average Bonchev–Trinajstić information content (AvgIpc) is 2.91. The second-order valence-electron chi connectivity index (χ2n) is 5.15. The summed E-state index contributed by atoms with van der Waals surface area (Å²) >= 11 is 1.52. The van der Waals surface area contributed by atoms with Crippen molar-refractivity contribution in [3.8, 4) is 11.5 Å². The Bertz CT molecular complexity index is 618. The zero-order chi connectivity index (χ0) is 16.8. The Morgan fingerprint density at radius 3 is 2.48 bits per heavy atom. The predicted octanol–water partition coefficient (Wildman–Crippen LogP) is 3.91. The maximum absolute atomic E-state index is 12.6. The fourth-order valence-electron chi connectivity index (χ4n) is 2.16. The quantitative estimate of drug-likeness (QED) is 0.559. The number of hydrogen-bond acceptors (Lipinski definition) is 6. The number of carbonyl (C=O) groups excluding carboxylic acids is 1. The molecule has 6 heteroatoms. The highest BCUT2D eigenvalue weighted by atomic mass is 32.2. The van der Waals surface area contributed by atoms with Gasteiger partial charge < -0.3 is 9.47 Å². The standard InChI is InChI=1S/C17H22N2O3S/c1-5-6-7-19-17(23-12(2)18-19)11-16(20)13-8-14(21-3)10-15(9-13)22-4/h8-11H,5-7H2,1-4H3. The van der Waals surface area contributed by atoms with Gasteiger partial charge >= 0.3 is 0 Å². The molecule has 0 bridgehead atoms. The molecule has 0 radical (unpaired) electrons. The van der Waals surface area contributed by atoms with Crippen molar-refractivity contribution < 1.29 is 14.3 Å². The second-order valence-corrected chi connectivity index (χ2v) is 6.36. The third-order valence-electron chi connectivity index (χ3n) is 3.38. The van der Waals surface area contributed by atoms with Crippen LogP contribution in [0.5, 0.6) is 11.5 Å². The van der Waals surface area contributed by atoms with Gasteiger partial charge in [-0.2, -0.15) is 5.10 Å². The Morgan fingerprint density at radius 2 is 1.91 bits per heavy atom. The number of rotatable bonds is 7. The van der Waals surface area contributed by atoms with Gasteiger partial charge in [0, 0.05) is 24.3 Å². The van der Waals surface area contributed by atoms with Crippen molar-refractivity contribution in [3.63, 3.8) is 0 Å². The van der Waals surface area contributed by atoms with Crippen LogP contribution in [0.2, 0.25) is 0 Å². The summed E-state index contributed by atoms with van der Waals surface area (Å²) in [5.41, 5.74) is 0.536. The van der Waals surface area contributed by atoms with Crippen LogP contribution in [-0.2, 0) is 0 Å². The van der Waals surface area contributed by atoms with Crippen LogP contribution >= 0.6 is 11.8 Å². The summed E-state index contributed by atoms with van der Waals surface area (Å²) in [6, 6.07) is 5.17. The minimum atomic E-state index is -0.0869. The number of ether oxygens (including phenoxy) is 2. The van der Waals surface area contributed by atoms with Crippen LogP contribution in [-0.4, -0.2) is 36.6 Å². The molecule has 0 saturated heterocycles. The van der Waals surface area contributed by atoms with Crippen molar-refractivity contribution in [3.05, 3.63) is 34.9 Å². The summed E-state index contributed by atoms with van der Waals surface area (Å²) in [5, 5.41) is 8.18. The first kappa shape index (κ1) is 17.4. The van der Waals surface area contributed by atoms with E-state index in [9.17, 15) is 4.79 Å². The number of hydrogen-bond donors (Lipinski definition) is 0. The van der Waals surface area contributed by atoms with Crippen LogP contribution in [0, 0.1) is 0 Å². The molecule has 1 heterocycles. The van der Waals surface area contributed by atoms with Gasteiger partial charge in [0.1, 0.15) is 16.5 Å². The second kappa shape index (κ2) is 8.06. The Hall–Kier alpha value is -1.95. The first-order valence-corrected chi connectivity index (χ1v) is 8.38. The number of carbonyl (C=O) groups is 1. The molecule has 0 N–H and O–H groups in total. The van der Waals surface area contributed by atoms with Gasteiger partial charge in [0.2, 0.25) is 0 Å². The number of unbranched alkanes of at least 4 members (excludes halogenated alkanes) is 1. The highest BCUT2D eigenvalue weighted by molar-refractivity contribution is 8.17. The summed E-state index contributed by atoms with van der Waals surface area (Å²) in [6.07, 6.45) is 3.76. The molecular weight excluding hydrogens is 312 g/mol.